The SMILES string of the molecule is C#Cc1cccc(Nc2ncnc3ccc(CC(=O)N(CCOC)CC(OC)OC)cc23)c1. The summed E-state index contributed by atoms with van der Waals surface area (Å²) in [7, 11) is 4.69. The van der Waals surface area contributed by atoms with Crippen LogP contribution in [0.2, 0.25) is 0 Å². The van der Waals surface area contributed by atoms with Gasteiger partial charge in [-0.25, -0.2) is 9.97 Å². The lowest BCUT2D eigenvalue weighted by Gasteiger charge is -2.26. The van der Waals surface area contributed by atoms with Gasteiger partial charge in [-0.15, -0.1) is 6.42 Å². The molecular weight excluding hydrogens is 420 g/mol. The average molecular weight is 449 g/mol. The van der Waals surface area contributed by atoms with Crippen molar-refractivity contribution in [2.24, 2.45) is 0 Å². The molecule has 1 aromatic heterocycles. The number of hydrogen-bond donors (Lipinski definition) is 1. The first kappa shape index (κ1) is 24.1. The third-order valence-corrected chi connectivity index (χ3v) is 5.16. The standard InChI is InChI=1S/C25H28N4O4/c1-5-18-7-6-8-20(13-18)28-25-21-14-19(9-10-22(21)26-17-27-25)15-23(30)29(11-12-31-2)16-24(32-3)33-4/h1,6-10,13-14,17,24H,11-12,15-16H2,2-4H3,(H,26,27,28). The summed E-state index contributed by atoms with van der Waals surface area (Å²) in [4.78, 5) is 23.5. The number of ether oxygens (including phenoxy) is 3. The largest absolute Gasteiger partial charge is 0.383 e. The van der Waals surface area contributed by atoms with Gasteiger partial charge in [0.25, 0.3) is 0 Å². The van der Waals surface area contributed by atoms with Crippen LogP contribution in [0.4, 0.5) is 11.5 Å². The molecule has 1 N–H and O–H groups in total. The van der Waals surface area contributed by atoms with Crippen molar-refractivity contribution < 1.29 is 19.0 Å². The minimum Gasteiger partial charge on any atom is -0.383 e. The fourth-order valence-electron chi connectivity index (χ4n) is 3.37. The molecule has 33 heavy (non-hydrogen) atoms. The first-order chi connectivity index (χ1) is 16.1. The molecule has 0 spiro atoms. The second kappa shape index (κ2) is 11.9. The second-order valence-corrected chi connectivity index (χ2v) is 7.33. The monoisotopic (exact) mass is 448 g/mol. The third kappa shape index (κ3) is 6.49. The van der Waals surface area contributed by atoms with Crippen LogP contribution >= 0.6 is 0 Å². The number of anilines is 2. The van der Waals surface area contributed by atoms with Crippen LogP contribution in [0.5, 0.6) is 0 Å². The molecular formula is C25H28N4O4. The van der Waals surface area contributed by atoms with Crippen molar-refractivity contribution in [3.05, 3.63) is 59.9 Å². The summed E-state index contributed by atoms with van der Waals surface area (Å²) in [5.74, 6) is 3.21. The number of nitrogens with zero attached hydrogens (tertiary/aromatic N) is 3. The Morgan fingerprint density at radius 1 is 1.15 bits per heavy atom. The lowest BCUT2D eigenvalue weighted by molar-refractivity contribution is -0.145. The molecule has 3 aromatic rings. The number of hydrogen-bond acceptors (Lipinski definition) is 7. The van der Waals surface area contributed by atoms with E-state index in [1.807, 2.05) is 42.5 Å². The molecule has 3 rings (SSSR count). The van der Waals surface area contributed by atoms with Gasteiger partial charge < -0.3 is 24.4 Å². The zero-order valence-electron chi connectivity index (χ0n) is 19.1. The van der Waals surface area contributed by atoms with Crippen molar-refractivity contribution in [1.82, 2.24) is 14.9 Å². The van der Waals surface area contributed by atoms with Crippen LogP contribution in [-0.4, -0.2) is 68.1 Å². The summed E-state index contributed by atoms with van der Waals surface area (Å²) >= 11 is 0. The fraction of sp³-hybridized carbons (Fsp3) is 0.320. The average Bonchev–Trinajstić information content (AvgIpc) is 2.84. The predicted octanol–water partition coefficient (Wildman–Crippen LogP) is 2.99. The molecule has 8 nitrogen and oxygen atoms in total. The summed E-state index contributed by atoms with van der Waals surface area (Å²) in [6, 6.07) is 13.2. The van der Waals surface area contributed by atoms with Crippen molar-refractivity contribution >= 4 is 28.3 Å². The van der Waals surface area contributed by atoms with Gasteiger partial charge >= 0.3 is 0 Å². The van der Waals surface area contributed by atoms with Crippen LogP contribution < -0.4 is 5.32 Å². The Hall–Kier alpha value is -3.51. The summed E-state index contributed by atoms with van der Waals surface area (Å²) in [5.41, 5.74) is 3.21. The number of fused-ring (bicyclic) bond motifs is 1. The van der Waals surface area contributed by atoms with E-state index in [0.29, 0.717) is 25.5 Å². The highest BCUT2D eigenvalue weighted by Crippen LogP contribution is 2.25. The predicted molar refractivity (Wildman–Crippen MR) is 127 cm³/mol. The molecule has 0 saturated heterocycles. The molecule has 0 radical (unpaired) electrons. The van der Waals surface area contributed by atoms with E-state index in [1.54, 1.807) is 26.2 Å². The van der Waals surface area contributed by atoms with Gasteiger partial charge in [-0.2, -0.15) is 0 Å². The molecule has 0 saturated carbocycles. The Kier molecular flexibility index (Phi) is 8.72. The summed E-state index contributed by atoms with van der Waals surface area (Å²) in [6.45, 7) is 1.17. The maximum Gasteiger partial charge on any atom is 0.227 e. The first-order valence-corrected chi connectivity index (χ1v) is 10.5. The van der Waals surface area contributed by atoms with Gasteiger partial charge in [0.05, 0.1) is 25.1 Å². The molecule has 8 heteroatoms. The fourth-order valence-corrected chi connectivity index (χ4v) is 3.37. The molecule has 1 heterocycles. The zero-order chi connectivity index (χ0) is 23.6. The Morgan fingerprint density at radius 2 is 1.97 bits per heavy atom. The lowest BCUT2D eigenvalue weighted by Crippen LogP contribution is -2.41. The Bertz CT molecular complexity index is 1120. The van der Waals surface area contributed by atoms with E-state index in [0.717, 1.165) is 27.7 Å². The van der Waals surface area contributed by atoms with E-state index in [2.05, 4.69) is 21.2 Å². The van der Waals surface area contributed by atoms with Crippen LogP contribution in [0.15, 0.2) is 48.8 Å². The second-order valence-electron chi connectivity index (χ2n) is 7.33. The number of carbonyl (C=O) groups is 1. The van der Waals surface area contributed by atoms with Gasteiger partial charge in [0.1, 0.15) is 12.1 Å². The van der Waals surface area contributed by atoms with Gasteiger partial charge in [0.15, 0.2) is 6.29 Å². The van der Waals surface area contributed by atoms with Crippen molar-refractivity contribution in [2.45, 2.75) is 12.7 Å². The molecule has 0 atom stereocenters. The Labute approximate surface area is 193 Å². The molecule has 172 valence electrons. The van der Waals surface area contributed by atoms with Crippen molar-refractivity contribution in [3.63, 3.8) is 0 Å². The van der Waals surface area contributed by atoms with Crippen LogP contribution in [0, 0.1) is 12.3 Å². The number of benzene rings is 2. The topological polar surface area (TPSA) is 85.8 Å². The highest BCUT2D eigenvalue weighted by Gasteiger charge is 2.19. The van der Waals surface area contributed by atoms with Gasteiger partial charge in [0.2, 0.25) is 5.91 Å². The quantitative estimate of drug-likeness (QED) is 0.356. The van der Waals surface area contributed by atoms with E-state index in [9.17, 15) is 4.79 Å². The van der Waals surface area contributed by atoms with E-state index in [4.69, 9.17) is 20.6 Å². The van der Waals surface area contributed by atoms with E-state index in [1.165, 1.54) is 6.33 Å². The van der Waals surface area contributed by atoms with Gasteiger partial charge in [-0.3, -0.25) is 4.79 Å². The van der Waals surface area contributed by atoms with E-state index in [-0.39, 0.29) is 12.3 Å². The van der Waals surface area contributed by atoms with Crippen molar-refractivity contribution in [3.8, 4) is 12.3 Å². The first-order valence-electron chi connectivity index (χ1n) is 10.5. The lowest BCUT2D eigenvalue weighted by atomic mass is 10.1. The normalized spacial score (nSPS) is 10.9. The molecule has 0 aliphatic heterocycles. The van der Waals surface area contributed by atoms with Crippen molar-refractivity contribution in [2.75, 3.05) is 46.3 Å². The molecule has 0 aliphatic rings. The van der Waals surface area contributed by atoms with Crippen LogP contribution in [0.25, 0.3) is 10.9 Å². The summed E-state index contributed by atoms with van der Waals surface area (Å²) < 4.78 is 15.7. The molecule has 0 fully saturated rings. The molecule has 0 aliphatic carbocycles. The Morgan fingerprint density at radius 3 is 2.70 bits per heavy atom. The minimum atomic E-state index is -0.509. The maximum absolute atomic E-state index is 13.1. The van der Waals surface area contributed by atoms with Gasteiger partial charge in [-0.05, 0) is 35.9 Å². The third-order valence-electron chi connectivity index (χ3n) is 5.16. The number of aromatic nitrogens is 2. The van der Waals surface area contributed by atoms with E-state index >= 15 is 0 Å². The summed E-state index contributed by atoms with van der Waals surface area (Å²) in [6.07, 6.45) is 6.71. The highest BCUT2D eigenvalue weighted by atomic mass is 16.7. The smallest absolute Gasteiger partial charge is 0.227 e. The molecule has 0 unspecified atom stereocenters. The zero-order valence-corrected chi connectivity index (χ0v) is 19.1. The molecule has 2 aromatic carbocycles. The van der Waals surface area contributed by atoms with Crippen LogP contribution in [0.1, 0.15) is 11.1 Å². The van der Waals surface area contributed by atoms with Crippen LogP contribution in [-0.2, 0) is 25.4 Å². The molecule has 1 amide bonds. The van der Waals surface area contributed by atoms with Gasteiger partial charge in [-0.1, -0.05) is 18.1 Å². The maximum atomic E-state index is 13.1. The summed E-state index contributed by atoms with van der Waals surface area (Å²) in [5, 5.41) is 4.11. The number of rotatable bonds is 11. The van der Waals surface area contributed by atoms with Crippen molar-refractivity contribution in [1.29, 1.82) is 0 Å². The number of amides is 1. The number of nitrogens with one attached hydrogen (secondary N) is 1. The number of terminal acetylenes is 1. The van der Waals surface area contributed by atoms with E-state index < -0.39 is 6.29 Å². The highest BCUT2D eigenvalue weighted by molar-refractivity contribution is 5.92. The number of carbonyl (C=O) groups excluding carboxylic acids is 1. The van der Waals surface area contributed by atoms with Crippen LogP contribution in [0.3, 0.4) is 0 Å². The Balaban J connectivity index is 1.83. The minimum absolute atomic E-state index is 0.0569. The number of methoxy groups -OCH3 is 3. The molecule has 0 bridgehead atoms. The van der Waals surface area contributed by atoms with Gasteiger partial charge in [0, 0.05) is 44.5 Å².